The normalized spacial score (nSPS) is 10.7. The summed E-state index contributed by atoms with van der Waals surface area (Å²) < 4.78 is 2.20. The number of rotatable bonds is 5. The maximum atomic E-state index is 4.29. The van der Waals surface area contributed by atoms with E-state index in [0.29, 0.717) is 0 Å². The standard InChI is InChI=1S/C13H17N3S/c1-3-16-12(14-15-13(16)17-4-2)10-11-8-6-5-7-9-11/h5-9H,3-4,10H2,1-2H3. The van der Waals surface area contributed by atoms with Gasteiger partial charge in [0.25, 0.3) is 0 Å². The number of nitrogens with zero attached hydrogens (tertiary/aromatic N) is 3. The van der Waals surface area contributed by atoms with E-state index in [2.05, 4.69) is 52.9 Å². The van der Waals surface area contributed by atoms with Gasteiger partial charge in [0.05, 0.1) is 0 Å². The fraction of sp³-hybridized carbons (Fsp3) is 0.385. The van der Waals surface area contributed by atoms with Crippen LogP contribution in [0.4, 0.5) is 0 Å². The predicted octanol–water partition coefficient (Wildman–Crippen LogP) is 3.00. The molecule has 0 radical (unpaired) electrons. The van der Waals surface area contributed by atoms with Crippen molar-refractivity contribution in [2.24, 2.45) is 0 Å². The van der Waals surface area contributed by atoms with Gasteiger partial charge in [0.2, 0.25) is 0 Å². The largest absolute Gasteiger partial charge is 0.306 e. The third kappa shape index (κ3) is 2.88. The molecule has 1 aromatic carbocycles. The van der Waals surface area contributed by atoms with E-state index < -0.39 is 0 Å². The number of thioether (sulfide) groups is 1. The maximum Gasteiger partial charge on any atom is 0.191 e. The smallest absolute Gasteiger partial charge is 0.191 e. The zero-order valence-corrected chi connectivity index (χ0v) is 11.1. The van der Waals surface area contributed by atoms with Gasteiger partial charge in [-0.3, -0.25) is 0 Å². The van der Waals surface area contributed by atoms with Gasteiger partial charge in [-0.15, -0.1) is 10.2 Å². The zero-order valence-electron chi connectivity index (χ0n) is 10.3. The van der Waals surface area contributed by atoms with E-state index >= 15 is 0 Å². The van der Waals surface area contributed by atoms with Crippen molar-refractivity contribution in [3.8, 4) is 0 Å². The Hall–Kier alpha value is -1.29. The van der Waals surface area contributed by atoms with Crippen molar-refractivity contribution in [2.75, 3.05) is 5.75 Å². The van der Waals surface area contributed by atoms with Crippen molar-refractivity contribution in [3.05, 3.63) is 41.7 Å². The number of hydrogen-bond donors (Lipinski definition) is 0. The third-order valence-electron chi connectivity index (χ3n) is 2.59. The molecule has 3 nitrogen and oxygen atoms in total. The summed E-state index contributed by atoms with van der Waals surface area (Å²) in [5, 5.41) is 9.57. The van der Waals surface area contributed by atoms with E-state index in [1.807, 2.05) is 6.07 Å². The Morgan fingerprint density at radius 1 is 1.12 bits per heavy atom. The molecule has 0 saturated carbocycles. The molecule has 0 amide bonds. The Labute approximate surface area is 106 Å². The average Bonchev–Trinajstić information content (AvgIpc) is 2.73. The van der Waals surface area contributed by atoms with Gasteiger partial charge >= 0.3 is 0 Å². The lowest BCUT2D eigenvalue weighted by Gasteiger charge is -2.06. The summed E-state index contributed by atoms with van der Waals surface area (Å²) in [6.45, 7) is 5.20. The Bertz CT molecular complexity index is 465. The summed E-state index contributed by atoms with van der Waals surface area (Å²) in [6, 6.07) is 10.4. The lowest BCUT2D eigenvalue weighted by atomic mass is 10.1. The number of aromatic nitrogens is 3. The molecule has 1 aromatic heterocycles. The van der Waals surface area contributed by atoms with E-state index in [4.69, 9.17) is 0 Å². The van der Waals surface area contributed by atoms with Gasteiger partial charge in [-0.1, -0.05) is 49.0 Å². The van der Waals surface area contributed by atoms with Crippen molar-refractivity contribution in [3.63, 3.8) is 0 Å². The highest BCUT2D eigenvalue weighted by molar-refractivity contribution is 7.99. The van der Waals surface area contributed by atoms with E-state index in [1.165, 1.54) is 5.56 Å². The fourth-order valence-corrected chi connectivity index (χ4v) is 2.53. The summed E-state index contributed by atoms with van der Waals surface area (Å²) in [6.07, 6.45) is 0.853. The lowest BCUT2D eigenvalue weighted by molar-refractivity contribution is 0.651. The first-order chi connectivity index (χ1) is 8.35. The van der Waals surface area contributed by atoms with Crippen LogP contribution in [0.5, 0.6) is 0 Å². The minimum atomic E-state index is 0.853. The molecule has 17 heavy (non-hydrogen) atoms. The fourth-order valence-electron chi connectivity index (χ4n) is 1.78. The number of benzene rings is 1. The van der Waals surface area contributed by atoms with Crippen LogP contribution in [-0.2, 0) is 13.0 Å². The van der Waals surface area contributed by atoms with Crippen LogP contribution >= 0.6 is 11.8 Å². The summed E-state index contributed by atoms with van der Waals surface area (Å²) in [5.41, 5.74) is 1.28. The summed E-state index contributed by atoms with van der Waals surface area (Å²) >= 11 is 1.75. The van der Waals surface area contributed by atoms with Crippen LogP contribution in [0.15, 0.2) is 35.5 Å². The zero-order chi connectivity index (χ0) is 12.1. The SMILES string of the molecule is CCSc1nnc(Cc2ccccc2)n1CC. The average molecular weight is 247 g/mol. The molecule has 0 unspecified atom stereocenters. The molecule has 4 heteroatoms. The van der Waals surface area contributed by atoms with Gasteiger partial charge in [-0.2, -0.15) is 0 Å². The van der Waals surface area contributed by atoms with Crippen LogP contribution in [0, 0.1) is 0 Å². The second-order valence-corrected chi connectivity index (χ2v) is 4.97. The first kappa shape index (κ1) is 12.2. The first-order valence-electron chi connectivity index (χ1n) is 5.94. The minimum Gasteiger partial charge on any atom is -0.306 e. The molecule has 90 valence electrons. The summed E-state index contributed by atoms with van der Waals surface area (Å²) in [4.78, 5) is 0. The van der Waals surface area contributed by atoms with E-state index in [1.54, 1.807) is 11.8 Å². The van der Waals surface area contributed by atoms with Crippen molar-refractivity contribution in [1.82, 2.24) is 14.8 Å². The van der Waals surface area contributed by atoms with Gasteiger partial charge in [-0.05, 0) is 18.2 Å². The monoisotopic (exact) mass is 247 g/mol. The van der Waals surface area contributed by atoms with Crippen molar-refractivity contribution >= 4 is 11.8 Å². The second kappa shape index (κ2) is 5.87. The highest BCUT2D eigenvalue weighted by Crippen LogP contribution is 2.18. The summed E-state index contributed by atoms with van der Waals surface area (Å²) in [7, 11) is 0. The molecule has 0 atom stereocenters. The molecule has 0 bridgehead atoms. The van der Waals surface area contributed by atoms with Crippen LogP contribution < -0.4 is 0 Å². The summed E-state index contributed by atoms with van der Waals surface area (Å²) in [5.74, 6) is 2.08. The molecule has 0 aliphatic carbocycles. The molecular weight excluding hydrogens is 230 g/mol. The van der Waals surface area contributed by atoms with Crippen LogP contribution in [0.2, 0.25) is 0 Å². The highest BCUT2D eigenvalue weighted by atomic mass is 32.2. The van der Waals surface area contributed by atoms with Gasteiger partial charge < -0.3 is 4.57 Å². The lowest BCUT2D eigenvalue weighted by Crippen LogP contribution is -2.04. The molecular formula is C13H17N3S. The van der Waals surface area contributed by atoms with E-state index in [-0.39, 0.29) is 0 Å². The molecule has 2 aromatic rings. The molecule has 0 aliphatic heterocycles. The first-order valence-corrected chi connectivity index (χ1v) is 6.92. The quantitative estimate of drug-likeness (QED) is 0.761. The number of hydrogen-bond acceptors (Lipinski definition) is 3. The van der Waals surface area contributed by atoms with Crippen LogP contribution in [0.25, 0.3) is 0 Å². The Balaban J connectivity index is 2.21. The van der Waals surface area contributed by atoms with Crippen LogP contribution in [-0.4, -0.2) is 20.5 Å². The maximum absolute atomic E-state index is 4.29. The predicted molar refractivity (Wildman–Crippen MR) is 71.3 cm³/mol. The Kier molecular flexibility index (Phi) is 4.20. The molecule has 0 spiro atoms. The van der Waals surface area contributed by atoms with Crippen molar-refractivity contribution < 1.29 is 0 Å². The Morgan fingerprint density at radius 3 is 2.53 bits per heavy atom. The van der Waals surface area contributed by atoms with Gasteiger partial charge in [0.1, 0.15) is 5.82 Å². The molecule has 0 aliphatic rings. The topological polar surface area (TPSA) is 30.7 Å². The molecule has 2 rings (SSSR count). The minimum absolute atomic E-state index is 0.853. The second-order valence-electron chi connectivity index (χ2n) is 3.74. The highest BCUT2D eigenvalue weighted by Gasteiger charge is 2.10. The van der Waals surface area contributed by atoms with E-state index in [0.717, 1.165) is 29.7 Å². The van der Waals surface area contributed by atoms with Crippen molar-refractivity contribution in [2.45, 2.75) is 32.0 Å². The molecule has 0 saturated heterocycles. The molecule has 0 N–H and O–H groups in total. The van der Waals surface area contributed by atoms with Gasteiger partial charge in [0.15, 0.2) is 5.16 Å². The van der Waals surface area contributed by atoms with Crippen LogP contribution in [0.1, 0.15) is 25.2 Å². The Morgan fingerprint density at radius 2 is 1.88 bits per heavy atom. The third-order valence-corrected chi connectivity index (χ3v) is 3.44. The van der Waals surface area contributed by atoms with Crippen molar-refractivity contribution in [1.29, 1.82) is 0 Å². The van der Waals surface area contributed by atoms with E-state index in [9.17, 15) is 0 Å². The van der Waals surface area contributed by atoms with Gasteiger partial charge in [0, 0.05) is 13.0 Å². The molecule has 1 heterocycles. The molecule has 0 fully saturated rings. The van der Waals surface area contributed by atoms with Gasteiger partial charge in [-0.25, -0.2) is 0 Å². The van der Waals surface area contributed by atoms with Crippen LogP contribution in [0.3, 0.4) is 0 Å².